The monoisotopic (exact) mass is 755 g/mol. The van der Waals surface area contributed by atoms with Gasteiger partial charge in [0.15, 0.2) is 9.84 Å². The van der Waals surface area contributed by atoms with E-state index in [1.54, 1.807) is 0 Å². The van der Waals surface area contributed by atoms with E-state index in [-0.39, 0.29) is 45.3 Å². The van der Waals surface area contributed by atoms with Crippen LogP contribution in [0.1, 0.15) is 126 Å². The number of nitrogens with one attached hydrogen (secondary N) is 1. The molecule has 298 valence electrons. The lowest BCUT2D eigenvalue weighted by atomic mass is 9.33. The minimum Gasteiger partial charge on any atom is -0.481 e. The van der Waals surface area contributed by atoms with Gasteiger partial charge in [0.2, 0.25) is 0 Å². The maximum Gasteiger partial charge on any atom is 0.312 e. The minimum atomic E-state index is -2.96. The van der Waals surface area contributed by atoms with Gasteiger partial charge in [-0.1, -0.05) is 65.8 Å². The highest BCUT2D eigenvalue weighted by Gasteiger charge is 2.70. The van der Waals surface area contributed by atoms with Crippen LogP contribution in [-0.2, 0) is 14.6 Å². The predicted octanol–water partition coefficient (Wildman–Crippen LogP) is 9.04. The van der Waals surface area contributed by atoms with Crippen LogP contribution in [0.4, 0.5) is 4.39 Å². The van der Waals surface area contributed by atoms with Crippen LogP contribution in [0.5, 0.6) is 0 Å². The number of carbonyl (C=O) groups is 1. The second kappa shape index (κ2) is 13.6. The number of aliphatic carboxylic acids is 1. The van der Waals surface area contributed by atoms with Crippen molar-refractivity contribution < 1.29 is 22.7 Å². The number of carboxylic acids is 1. The Hall–Kier alpha value is -1.51. The number of nitrogens with zero attached hydrogens (tertiary/aromatic N) is 1. The average molecular weight is 755 g/mol. The van der Waals surface area contributed by atoms with E-state index in [0.29, 0.717) is 54.7 Å². The van der Waals surface area contributed by atoms with Gasteiger partial charge in [-0.3, -0.25) is 4.79 Å². The van der Waals surface area contributed by atoms with Gasteiger partial charge in [-0.05, 0) is 152 Å². The van der Waals surface area contributed by atoms with Crippen molar-refractivity contribution in [2.75, 3.05) is 44.4 Å². The number of fused-ring (bicyclic) bond motifs is 7. The Kier molecular flexibility index (Phi) is 10.2. The molecule has 11 atom stereocenters. The Balaban J connectivity index is 1.13. The zero-order valence-corrected chi connectivity index (χ0v) is 35.0. The first-order valence-corrected chi connectivity index (χ1v) is 23.1. The number of hydrogen-bond donors (Lipinski definition) is 2. The normalized spacial score (nSPS) is 46.4. The van der Waals surface area contributed by atoms with E-state index in [2.05, 4.69) is 77.4 Å². The molecule has 1 aliphatic heterocycles. The molecule has 4 saturated carbocycles. The van der Waals surface area contributed by atoms with Gasteiger partial charge in [0.05, 0.1) is 16.9 Å². The zero-order valence-electron chi connectivity index (χ0n) is 34.2. The number of hydrogen-bond acceptors (Lipinski definition) is 5. The van der Waals surface area contributed by atoms with Crippen molar-refractivity contribution in [3.05, 3.63) is 35.5 Å². The van der Waals surface area contributed by atoms with Crippen LogP contribution < -0.4 is 5.32 Å². The third-order valence-electron chi connectivity index (χ3n) is 18.0. The number of allylic oxidation sites excluding steroid dienone is 5. The summed E-state index contributed by atoms with van der Waals surface area (Å²) < 4.78 is 38.9. The number of carboxylic acid groups (broad SMARTS) is 1. The topological polar surface area (TPSA) is 86.7 Å². The molecule has 0 bridgehead atoms. The summed E-state index contributed by atoms with van der Waals surface area (Å²) in [4.78, 5) is 14.4. The summed E-state index contributed by atoms with van der Waals surface area (Å²) >= 11 is 0. The van der Waals surface area contributed by atoms with Crippen LogP contribution in [0.25, 0.3) is 0 Å². The Labute approximate surface area is 321 Å². The lowest BCUT2D eigenvalue weighted by molar-refractivity contribution is -0.221. The molecule has 0 radical (unpaired) electrons. The van der Waals surface area contributed by atoms with Crippen LogP contribution in [0.15, 0.2) is 35.5 Å². The number of halogens is 1. The second-order valence-electron chi connectivity index (χ2n) is 21.0. The second-order valence-corrected chi connectivity index (χ2v) is 23.2. The molecule has 5 fully saturated rings. The van der Waals surface area contributed by atoms with Gasteiger partial charge in [-0.2, -0.15) is 0 Å². The molecule has 0 aromatic carbocycles. The first-order valence-electron chi connectivity index (χ1n) is 21.3. The molecule has 0 spiro atoms. The molecular formula is C45H71FN2O4S. The summed E-state index contributed by atoms with van der Waals surface area (Å²) in [6.45, 7) is 24.4. The van der Waals surface area contributed by atoms with Crippen LogP contribution in [0, 0.1) is 62.6 Å². The fourth-order valence-electron chi connectivity index (χ4n) is 15.2. The molecule has 7 aliphatic rings. The fourth-order valence-corrected chi connectivity index (χ4v) is 16.8. The summed E-state index contributed by atoms with van der Waals surface area (Å²) in [5.74, 6) is 2.75. The summed E-state index contributed by atoms with van der Waals surface area (Å²) in [7, 11) is -2.96. The van der Waals surface area contributed by atoms with E-state index in [0.717, 1.165) is 26.1 Å². The smallest absolute Gasteiger partial charge is 0.312 e. The van der Waals surface area contributed by atoms with Crippen molar-refractivity contribution in [2.45, 2.75) is 131 Å². The van der Waals surface area contributed by atoms with E-state index in [4.69, 9.17) is 0 Å². The maximum absolute atomic E-state index is 14.0. The Morgan fingerprint density at radius 1 is 0.981 bits per heavy atom. The molecule has 2 N–H and O–H groups in total. The Morgan fingerprint density at radius 3 is 2.40 bits per heavy atom. The fraction of sp³-hybridized carbons (Fsp3) is 0.844. The summed E-state index contributed by atoms with van der Waals surface area (Å²) in [6.07, 6.45) is 16.9. The van der Waals surface area contributed by atoms with Crippen molar-refractivity contribution in [1.82, 2.24) is 10.2 Å². The first kappa shape index (κ1) is 39.7. The number of alkyl halides is 1. The van der Waals surface area contributed by atoms with Gasteiger partial charge >= 0.3 is 5.97 Å². The molecule has 6 nitrogen and oxygen atoms in total. The van der Waals surface area contributed by atoms with Crippen molar-refractivity contribution in [2.24, 2.45) is 62.6 Å². The highest BCUT2D eigenvalue weighted by Crippen LogP contribution is 2.76. The first-order chi connectivity index (χ1) is 24.8. The standard InChI is InChI=1S/C45H71FN2O4S/c1-30(2)33-13-20-45(47-23-24-48-25-26-53(51,52)28-31(3)27-48)22-21-42(7)35(38(33)45)9-10-37-41(6)16-14-34(40(4,5)36(41)15-17-43(37,42)8)32-11-18-44(29-46,19-12-32)39(49)50/h11,14,31,33,35-38,47H,1,9-10,12-13,15-29H2,2-8H3,(H,49,50)/t31?,33-,35+,36-,37+,38?,41-,42+,43+,44-,45?/m0/s1. The summed E-state index contributed by atoms with van der Waals surface area (Å²) in [6, 6.07) is 0. The molecule has 1 heterocycles. The number of rotatable bonds is 8. The molecule has 0 amide bonds. The van der Waals surface area contributed by atoms with Gasteiger partial charge in [-0.25, -0.2) is 12.8 Å². The largest absolute Gasteiger partial charge is 0.481 e. The lowest BCUT2D eigenvalue weighted by Gasteiger charge is -2.72. The average Bonchev–Trinajstić information content (AvgIpc) is 3.40. The minimum absolute atomic E-state index is 0.0195. The predicted molar refractivity (Wildman–Crippen MR) is 213 cm³/mol. The maximum atomic E-state index is 14.0. The molecule has 0 aromatic rings. The van der Waals surface area contributed by atoms with E-state index >= 15 is 0 Å². The highest BCUT2D eigenvalue weighted by atomic mass is 32.2. The molecule has 8 heteroatoms. The lowest BCUT2D eigenvalue weighted by Crippen LogP contribution is -2.68. The molecule has 0 aromatic heterocycles. The van der Waals surface area contributed by atoms with Gasteiger partial charge in [0.25, 0.3) is 0 Å². The number of sulfone groups is 1. The zero-order chi connectivity index (χ0) is 38.4. The van der Waals surface area contributed by atoms with E-state index in [1.165, 1.54) is 68.1 Å². The van der Waals surface area contributed by atoms with Crippen molar-refractivity contribution in [1.29, 1.82) is 0 Å². The quantitative estimate of drug-likeness (QED) is 0.241. The summed E-state index contributed by atoms with van der Waals surface area (Å²) in [5.41, 5.74) is 3.56. The van der Waals surface area contributed by atoms with Gasteiger partial charge in [0, 0.05) is 31.7 Å². The van der Waals surface area contributed by atoms with Crippen LogP contribution in [-0.4, -0.2) is 74.3 Å². The molecular weight excluding hydrogens is 684 g/mol. The molecule has 53 heavy (non-hydrogen) atoms. The van der Waals surface area contributed by atoms with Crippen molar-refractivity contribution in [3.8, 4) is 0 Å². The van der Waals surface area contributed by atoms with Gasteiger partial charge in [-0.15, -0.1) is 0 Å². The van der Waals surface area contributed by atoms with E-state index in [1.807, 2.05) is 0 Å². The Bertz CT molecular complexity index is 1650. The van der Waals surface area contributed by atoms with Crippen molar-refractivity contribution >= 4 is 15.8 Å². The van der Waals surface area contributed by atoms with Crippen LogP contribution in [0.3, 0.4) is 0 Å². The van der Waals surface area contributed by atoms with Crippen LogP contribution in [0.2, 0.25) is 0 Å². The van der Waals surface area contributed by atoms with E-state index < -0.39 is 27.9 Å². The van der Waals surface area contributed by atoms with Crippen LogP contribution >= 0.6 is 0 Å². The molecule has 1 saturated heterocycles. The van der Waals surface area contributed by atoms with Crippen molar-refractivity contribution in [3.63, 3.8) is 0 Å². The van der Waals surface area contributed by atoms with Gasteiger partial charge in [0.1, 0.15) is 6.67 Å². The Morgan fingerprint density at radius 2 is 1.74 bits per heavy atom. The SMILES string of the molecule is C=C(C)[C@@H]1CCC2(NCCN3CCS(=O)(=O)CC(C)C3)CC[C@]3(C)[C@H](CC[C@@H]4[C@@]5(C)CC=C(C6=CC[C@](CF)(C(=O)O)CC6)C(C)(C)[C@@H]5CC[C@]43C)C12. The summed E-state index contributed by atoms with van der Waals surface area (Å²) in [5, 5.41) is 14.1. The highest BCUT2D eigenvalue weighted by molar-refractivity contribution is 7.91. The van der Waals surface area contributed by atoms with Gasteiger partial charge < -0.3 is 15.3 Å². The molecule has 7 rings (SSSR count). The third-order valence-corrected chi connectivity index (χ3v) is 19.9. The molecule has 6 aliphatic carbocycles. The van der Waals surface area contributed by atoms with E-state index in [9.17, 15) is 22.7 Å². The third kappa shape index (κ3) is 6.19. The molecule has 3 unspecified atom stereocenters.